The molecular formula is C13H19ClN2O. The zero-order chi connectivity index (χ0) is 12.3. The second-order valence-corrected chi connectivity index (χ2v) is 5.15. The van der Waals surface area contributed by atoms with Crippen molar-refractivity contribution in [3.8, 4) is 0 Å². The topological polar surface area (TPSA) is 45.2 Å². The van der Waals surface area contributed by atoms with Crippen LogP contribution in [0.2, 0.25) is 5.02 Å². The summed E-state index contributed by atoms with van der Waals surface area (Å²) in [6.45, 7) is 3.85. The lowest BCUT2D eigenvalue weighted by molar-refractivity contribution is -0.0181. The fourth-order valence-electron chi connectivity index (χ4n) is 2.67. The molecule has 0 bridgehead atoms. The number of halogens is 1. The van der Waals surface area contributed by atoms with Gasteiger partial charge in [0.2, 0.25) is 0 Å². The molecule has 1 aliphatic heterocycles. The van der Waals surface area contributed by atoms with Crippen LogP contribution >= 0.6 is 11.6 Å². The molecule has 94 valence electrons. The minimum absolute atomic E-state index is 0.0990. The van der Waals surface area contributed by atoms with Gasteiger partial charge in [-0.05, 0) is 44.5 Å². The van der Waals surface area contributed by atoms with Crippen LogP contribution in [0.15, 0.2) is 18.3 Å². The quantitative estimate of drug-likeness (QED) is 0.870. The molecule has 1 fully saturated rings. The lowest BCUT2D eigenvalue weighted by Crippen LogP contribution is -2.46. The molecule has 1 atom stereocenters. The van der Waals surface area contributed by atoms with Gasteiger partial charge in [-0.3, -0.25) is 4.98 Å². The van der Waals surface area contributed by atoms with Crippen molar-refractivity contribution in [1.82, 2.24) is 10.3 Å². The van der Waals surface area contributed by atoms with Crippen molar-refractivity contribution in [1.29, 1.82) is 0 Å². The number of hydrogen-bond donors (Lipinski definition) is 2. The Hall–Kier alpha value is -0.640. The van der Waals surface area contributed by atoms with Gasteiger partial charge in [-0.2, -0.15) is 0 Å². The lowest BCUT2D eigenvalue weighted by atomic mass is 9.76. The summed E-state index contributed by atoms with van der Waals surface area (Å²) in [6, 6.07) is 3.77. The molecule has 4 heteroatoms. The minimum atomic E-state index is -0.624. The van der Waals surface area contributed by atoms with E-state index in [4.69, 9.17) is 11.6 Å². The van der Waals surface area contributed by atoms with Crippen molar-refractivity contribution in [3.63, 3.8) is 0 Å². The highest BCUT2D eigenvalue weighted by molar-refractivity contribution is 6.30. The molecule has 1 aliphatic rings. The molecule has 2 rings (SSSR count). The van der Waals surface area contributed by atoms with Crippen molar-refractivity contribution in [3.05, 3.63) is 29.0 Å². The summed E-state index contributed by atoms with van der Waals surface area (Å²) < 4.78 is 0. The fourth-order valence-corrected chi connectivity index (χ4v) is 2.78. The van der Waals surface area contributed by atoms with E-state index in [9.17, 15) is 5.11 Å². The Morgan fingerprint density at radius 3 is 2.71 bits per heavy atom. The van der Waals surface area contributed by atoms with Crippen LogP contribution in [0, 0.1) is 0 Å². The smallest absolute Gasteiger partial charge is 0.0755 e. The Bertz CT molecular complexity index is 360. The maximum Gasteiger partial charge on any atom is 0.0755 e. The third kappa shape index (κ3) is 2.79. The number of rotatable bonds is 3. The molecule has 0 aliphatic carbocycles. The third-order valence-electron chi connectivity index (χ3n) is 3.63. The van der Waals surface area contributed by atoms with E-state index < -0.39 is 5.60 Å². The molecule has 1 unspecified atom stereocenters. The van der Waals surface area contributed by atoms with Crippen molar-refractivity contribution in [2.24, 2.45) is 0 Å². The van der Waals surface area contributed by atoms with Gasteiger partial charge >= 0.3 is 0 Å². The van der Waals surface area contributed by atoms with Gasteiger partial charge in [0.15, 0.2) is 0 Å². The van der Waals surface area contributed by atoms with Gasteiger partial charge in [-0.1, -0.05) is 18.5 Å². The number of nitrogens with one attached hydrogen (secondary N) is 1. The number of aliphatic hydroxyl groups is 1. The average Bonchev–Trinajstić information content (AvgIpc) is 2.33. The Labute approximate surface area is 107 Å². The van der Waals surface area contributed by atoms with E-state index in [-0.39, 0.29) is 5.92 Å². The summed E-state index contributed by atoms with van der Waals surface area (Å²) >= 11 is 5.85. The molecule has 2 heterocycles. The van der Waals surface area contributed by atoms with Crippen LogP contribution in [0.1, 0.15) is 37.8 Å². The van der Waals surface area contributed by atoms with Crippen molar-refractivity contribution in [2.45, 2.75) is 37.7 Å². The van der Waals surface area contributed by atoms with Gasteiger partial charge in [0.1, 0.15) is 0 Å². The third-order valence-corrected chi connectivity index (χ3v) is 3.86. The Morgan fingerprint density at radius 1 is 1.47 bits per heavy atom. The van der Waals surface area contributed by atoms with Gasteiger partial charge in [0.25, 0.3) is 0 Å². The zero-order valence-electron chi connectivity index (χ0n) is 10.1. The lowest BCUT2D eigenvalue weighted by Gasteiger charge is -2.39. The number of hydrogen-bond acceptors (Lipinski definition) is 3. The molecule has 0 saturated carbocycles. The molecule has 0 spiro atoms. The van der Waals surface area contributed by atoms with E-state index in [1.807, 2.05) is 12.1 Å². The van der Waals surface area contributed by atoms with E-state index in [0.717, 1.165) is 38.0 Å². The van der Waals surface area contributed by atoms with Crippen LogP contribution in [0.5, 0.6) is 0 Å². The average molecular weight is 255 g/mol. The van der Waals surface area contributed by atoms with E-state index in [0.29, 0.717) is 5.02 Å². The van der Waals surface area contributed by atoms with Crippen molar-refractivity contribution >= 4 is 11.6 Å². The first-order valence-corrected chi connectivity index (χ1v) is 6.58. The first-order chi connectivity index (χ1) is 8.15. The summed E-state index contributed by atoms with van der Waals surface area (Å²) in [5.74, 6) is 0.0990. The summed E-state index contributed by atoms with van der Waals surface area (Å²) in [4.78, 5) is 4.36. The molecule has 0 amide bonds. The van der Waals surface area contributed by atoms with Gasteiger partial charge in [0, 0.05) is 17.8 Å². The number of piperidine rings is 1. The van der Waals surface area contributed by atoms with Gasteiger partial charge in [0.05, 0.1) is 10.6 Å². The summed E-state index contributed by atoms with van der Waals surface area (Å²) in [7, 11) is 0. The number of pyridine rings is 1. The first-order valence-electron chi connectivity index (χ1n) is 6.20. The Kier molecular flexibility index (Phi) is 4.02. The number of nitrogens with zero attached hydrogens (tertiary/aromatic N) is 1. The second kappa shape index (κ2) is 5.34. The monoisotopic (exact) mass is 254 g/mol. The second-order valence-electron chi connectivity index (χ2n) is 4.72. The van der Waals surface area contributed by atoms with Crippen LogP contribution in [-0.4, -0.2) is 28.8 Å². The van der Waals surface area contributed by atoms with E-state index in [2.05, 4.69) is 17.2 Å². The summed E-state index contributed by atoms with van der Waals surface area (Å²) in [5, 5.41) is 14.7. The molecule has 0 aromatic carbocycles. The molecule has 1 aromatic heterocycles. The SMILES string of the molecule is CCC(c1ccc(Cl)cn1)C1(O)CCNCC1. The highest BCUT2D eigenvalue weighted by atomic mass is 35.5. The largest absolute Gasteiger partial charge is 0.389 e. The van der Waals surface area contributed by atoms with Gasteiger partial charge in [-0.15, -0.1) is 0 Å². The Balaban J connectivity index is 2.22. The predicted molar refractivity (Wildman–Crippen MR) is 69.3 cm³/mol. The maximum atomic E-state index is 10.7. The molecule has 0 radical (unpaired) electrons. The highest BCUT2D eigenvalue weighted by Gasteiger charge is 2.38. The summed E-state index contributed by atoms with van der Waals surface area (Å²) in [5.41, 5.74) is 0.321. The van der Waals surface area contributed by atoms with Crippen LogP contribution < -0.4 is 5.32 Å². The molecule has 3 nitrogen and oxygen atoms in total. The molecule has 1 aromatic rings. The van der Waals surface area contributed by atoms with Crippen LogP contribution in [-0.2, 0) is 0 Å². The maximum absolute atomic E-state index is 10.7. The molecular weight excluding hydrogens is 236 g/mol. The van der Waals surface area contributed by atoms with Gasteiger partial charge in [-0.25, -0.2) is 0 Å². The minimum Gasteiger partial charge on any atom is -0.389 e. The molecule has 2 N–H and O–H groups in total. The zero-order valence-corrected chi connectivity index (χ0v) is 10.9. The van der Waals surface area contributed by atoms with E-state index in [1.165, 1.54) is 0 Å². The van der Waals surface area contributed by atoms with Crippen molar-refractivity contribution < 1.29 is 5.11 Å². The summed E-state index contributed by atoms with van der Waals surface area (Å²) in [6.07, 6.45) is 4.13. The number of aromatic nitrogens is 1. The van der Waals surface area contributed by atoms with Crippen LogP contribution in [0.3, 0.4) is 0 Å². The Morgan fingerprint density at radius 2 is 2.18 bits per heavy atom. The predicted octanol–water partition coefficient (Wildman–Crippen LogP) is 2.34. The van der Waals surface area contributed by atoms with Crippen molar-refractivity contribution in [2.75, 3.05) is 13.1 Å². The molecule has 1 saturated heterocycles. The van der Waals surface area contributed by atoms with E-state index in [1.54, 1.807) is 6.20 Å². The highest BCUT2D eigenvalue weighted by Crippen LogP contribution is 2.36. The standard InChI is InChI=1S/C13H19ClN2O/c1-2-11(12-4-3-10(14)9-16-12)13(17)5-7-15-8-6-13/h3-4,9,11,15,17H,2,5-8H2,1H3. The molecule has 17 heavy (non-hydrogen) atoms. The normalized spacial score (nSPS) is 21.1. The van der Waals surface area contributed by atoms with Crippen LogP contribution in [0.25, 0.3) is 0 Å². The first kappa shape index (κ1) is 12.8. The van der Waals surface area contributed by atoms with Crippen LogP contribution in [0.4, 0.5) is 0 Å². The van der Waals surface area contributed by atoms with E-state index >= 15 is 0 Å². The fraction of sp³-hybridized carbons (Fsp3) is 0.615. The van der Waals surface area contributed by atoms with Gasteiger partial charge < -0.3 is 10.4 Å².